The lowest BCUT2D eigenvalue weighted by atomic mass is 9.86. The second kappa shape index (κ2) is 7.89. The van der Waals surface area contributed by atoms with Crippen LogP contribution >= 0.6 is 0 Å². The van der Waals surface area contributed by atoms with E-state index in [1.807, 2.05) is 24.3 Å². The average Bonchev–Trinajstić information content (AvgIpc) is 3.15. The molecule has 0 spiro atoms. The van der Waals surface area contributed by atoms with Gasteiger partial charge in [-0.1, -0.05) is 55.8 Å². The average molecular weight is 332 g/mol. The van der Waals surface area contributed by atoms with Crippen molar-refractivity contribution in [3.8, 4) is 11.5 Å². The summed E-state index contributed by atoms with van der Waals surface area (Å²) in [6, 6.07) is 14.8. The van der Waals surface area contributed by atoms with Gasteiger partial charge in [0, 0.05) is 0 Å². The van der Waals surface area contributed by atoms with E-state index in [0.29, 0.717) is 0 Å². The first-order valence-electron chi connectivity index (χ1n) is 8.87. The molecular weight excluding hydrogens is 308 g/mol. The van der Waals surface area contributed by atoms with Gasteiger partial charge in [0.15, 0.2) is 0 Å². The lowest BCUT2D eigenvalue weighted by molar-refractivity contribution is 0.475. The van der Waals surface area contributed by atoms with Crippen LogP contribution in [0, 0.1) is 0 Å². The molecule has 0 aliphatic heterocycles. The molecule has 3 rings (SSSR count). The highest BCUT2D eigenvalue weighted by molar-refractivity contribution is 5.85. The summed E-state index contributed by atoms with van der Waals surface area (Å²) < 4.78 is 0. The fraction of sp³-hybridized carbons (Fsp3) is 0.217. The van der Waals surface area contributed by atoms with Gasteiger partial charge in [0.1, 0.15) is 11.5 Å². The predicted octanol–water partition coefficient (Wildman–Crippen LogP) is 5.98. The zero-order valence-electron chi connectivity index (χ0n) is 14.6. The summed E-state index contributed by atoms with van der Waals surface area (Å²) in [5, 5.41) is 19.3. The number of allylic oxidation sites excluding steroid dienone is 5. The molecule has 0 amide bonds. The Labute approximate surface area is 149 Å². The van der Waals surface area contributed by atoms with Crippen LogP contribution in [0.15, 0.2) is 77.9 Å². The first kappa shape index (κ1) is 17.1. The molecule has 128 valence electrons. The monoisotopic (exact) mass is 332 g/mol. The fourth-order valence-electron chi connectivity index (χ4n) is 3.24. The Hall–Kier alpha value is -2.74. The van der Waals surface area contributed by atoms with Crippen LogP contribution in [0.5, 0.6) is 11.5 Å². The standard InChI is InChI=1S/C23H24O2/c1-2-3-8-22(17-6-4-5-7-17)23(18-9-13-20(24)14-10-18)19-11-15-21(25)16-12-19/h4-6,9-16,24-25H,2-3,7-8H2,1H3. The molecule has 1 aliphatic rings. The van der Waals surface area contributed by atoms with E-state index in [2.05, 4.69) is 25.2 Å². The normalized spacial score (nSPS) is 12.9. The summed E-state index contributed by atoms with van der Waals surface area (Å²) in [4.78, 5) is 0. The lowest BCUT2D eigenvalue weighted by Gasteiger charge is -2.18. The van der Waals surface area contributed by atoms with Gasteiger partial charge >= 0.3 is 0 Å². The molecular formula is C23H24O2. The number of aromatic hydroxyl groups is 2. The third-order valence-electron chi connectivity index (χ3n) is 4.55. The Morgan fingerprint density at radius 2 is 1.44 bits per heavy atom. The van der Waals surface area contributed by atoms with E-state index in [9.17, 15) is 10.2 Å². The van der Waals surface area contributed by atoms with E-state index in [-0.39, 0.29) is 11.5 Å². The Balaban J connectivity index is 2.18. The first-order chi connectivity index (χ1) is 12.2. The minimum atomic E-state index is 0.269. The highest BCUT2D eigenvalue weighted by Gasteiger charge is 2.16. The van der Waals surface area contributed by atoms with Gasteiger partial charge in [-0.05, 0) is 71.4 Å². The lowest BCUT2D eigenvalue weighted by Crippen LogP contribution is -1.98. The number of rotatable bonds is 6. The molecule has 2 nitrogen and oxygen atoms in total. The second-order valence-electron chi connectivity index (χ2n) is 6.38. The molecule has 0 atom stereocenters. The molecule has 1 aliphatic carbocycles. The van der Waals surface area contributed by atoms with Gasteiger partial charge in [-0.15, -0.1) is 0 Å². The maximum Gasteiger partial charge on any atom is 0.115 e. The molecule has 2 N–H and O–H groups in total. The number of hydrogen-bond donors (Lipinski definition) is 2. The van der Waals surface area contributed by atoms with E-state index in [1.54, 1.807) is 24.3 Å². The molecule has 25 heavy (non-hydrogen) atoms. The Kier molecular flexibility index (Phi) is 5.39. The maximum atomic E-state index is 9.67. The molecule has 0 heterocycles. The number of phenolic OH excluding ortho intramolecular Hbond substituents is 2. The highest BCUT2D eigenvalue weighted by atomic mass is 16.3. The van der Waals surface area contributed by atoms with Crippen molar-refractivity contribution in [3.63, 3.8) is 0 Å². The molecule has 2 heteroatoms. The summed E-state index contributed by atoms with van der Waals surface area (Å²) in [7, 11) is 0. The summed E-state index contributed by atoms with van der Waals surface area (Å²) >= 11 is 0. The van der Waals surface area contributed by atoms with Crippen LogP contribution in [0.4, 0.5) is 0 Å². The highest BCUT2D eigenvalue weighted by Crippen LogP contribution is 2.36. The Morgan fingerprint density at radius 3 is 1.88 bits per heavy atom. The van der Waals surface area contributed by atoms with E-state index < -0.39 is 0 Å². The van der Waals surface area contributed by atoms with Crippen molar-refractivity contribution < 1.29 is 10.2 Å². The molecule has 0 bridgehead atoms. The zero-order valence-corrected chi connectivity index (χ0v) is 14.6. The zero-order chi connectivity index (χ0) is 17.6. The van der Waals surface area contributed by atoms with Crippen molar-refractivity contribution >= 4 is 5.57 Å². The van der Waals surface area contributed by atoms with Crippen molar-refractivity contribution in [2.75, 3.05) is 0 Å². The molecule has 0 fully saturated rings. The summed E-state index contributed by atoms with van der Waals surface area (Å²) in [6.07, 6.45) is 10.7. The topological polar surface area (TPSA) is 40.5 Å². The molecule has 2 aromatic carbocycles. The molecule has 0 unspecified atom stereocenters. The third kappa shape index (κ3) is 4.03. The van der Waals surface area contributed by atoms with Gasteiger partial charge in [0.2, 0.25) is 0 Å². The van der Waals surface area contributed by atoms with Crippen LogP contribution in [0.1, 0.15) is 43.7 Å². The molecule has 0 radical (unpaired) electrons. The van der Waals surface area contributed by atoms with Crippen molar-refractivity contribution in [3.05, 3.63) is 89.0 Å². The van der Waals surface area contributed by atoms with E-state index in [1.165, 1.54) is 16.7 Å². The number of benzene rings is 2. The minimum absolute atomic E-state index is 0.269. The molecule has 0 saturated carbocycles. The van der Waals surface area contributed by atoms with Gasteiger partial charge in [0.25, 0.3) is 0 Å². The van der Waals surface area contributed by atoms with Gasteiger partial charge in [0.05, 0.1) is 0 Å². The van der Waals surface area contributed by atoms with Crippen LogP contribution in [0.3, 0.4) is 0 Å². The third-order valence-corrected chi connectivity index (χ3v) is 4.55. The summed E-state index contributed by atoms with van der Waals surface area (Å²) in [5.74, 6) is 0.538. The van der Waals surface area contributed by atoms with Gasteiger partial charge in [-0.3, -0.25) is 0 Å². The van der Waals surface area contributed by atoms with Crippen LogP contribution in [-0.2, 0) is 0 Å². The minimum Gasteiger partial charge on any atom is -0.508 e. The quantitative estimate of drug-likeness (QED) is 0.683. The molecule has 2 aromatic rings. The first-order valence-corrected chi connectivity index (χ1v) is 8.87. The molecule has 0 aromatic heterocycles. The fourth-order valence-corrected chi connectivity index (χ4v) is 3.24. The van der Waals surface area contributed by atoms with Gasteiger partial charge < -0.3 is 10.2 Å². The van der Waals surface area contributed by atoms with E-state index in [4.69, 9.17) is 0 Å². The summed E-state index contributed by atoms with van der Waals surface area (Å²) in [6.45, 7) is 2.21. The van der Waals surface area contributed by atoms with Crippen LogP contribution in [0.2, 0.25) is 0 Å². The van der Waals surface area contributed by atoms with E-state index >= 15 is 0 Å². The second-order valence-corrected chi connectivity index (χ2v) is 6.38. The van der Waals surface area contributed by atoms with Crippen LogP contribution in [-0.4, -0.2) is 10.2 Å². The van der Waals surface area contributed by atoms with Crippen molar-refractivity contribution in [1.82, 2.24) is 0 Å². The van der Waals surface area contributed by atoms with Gasteiger partial charge in [-0.25, -0.2) is 0 Å². The number of hydrogen-bond acceptors (Lipinski definition) is 2. The maximum absolute atomic E-state index is 9.67. The smallest absolute Gasteiger partial charge is 0.115 e. The van der Waals surface area contributed by atoms with Crippen molar-refractivity contribution in [2.24, 2.45) is 0 Å². The Morgan fingerprint density at radius 1 is 0.880 bits per heavy atom. The SMILES string of the molecule is CCCCC(C1=CC=CC1)=C(c1ccc(O)cc1)c1ccc(O)cc1. The summed E-state index contributed by atoms with van der Waals surface area (Å²) in [5.41, 5.74) is 6.06. The Bertz CT molecular complexity index is 759. The van der Waals surface area contributed by atoms with Crippen molar-refractivity contribution in [2.45, 2.75) is 32.6 Å². The number of unbranched alkanes of at least 4 members (excludes halogenated alkanes) is 1. The predicted molar refractivity (Wildman–Crippen MR) is 104 cm³/mol. The van der Waals surface area contributed by atoms with Crippen LogP contribution in [0.25, 0.3) is 5.57 Å². The van der Waals surface area contributed by atoms with Crippen molar-refractivity contribution in [1.29, 1.82) is 0 Å². The van der Waals surface area contributed by atoms with Gasteiger partial charge in [-0.2, -0.15) is 0 Å². The number of phenols is 2. The van der Waals surface area contributed by atoms with E-state index in [0.717, 1.165) is 36.8 Å². The largest absolute Gasteiger partial charge is 0.508 e. The van der Waals surface area contributed by atoms with Crippen LogP contribution < -0.4 is 0 Å². The molecule has 0 saturated heterocycles.